The van der Waals surface area contributed by atoms with Gasteiger partial charge in [-0.3, -0.25) is 0 Å². The Morgan fingerprint density at radius 1 is 1.33 bits per heavy atom. The van der Waals surface area contributed by atoms with E-state index >= 15 is 0 Å². The van der Waals surface area contributed by atoms with Gasteiger partial charge in [0, 0.05) is 6.61 Å². The topological polar surface area (TPSA) is 90.2 Å². The summed E-state index contributed by atoms with van der Waals surface area (Å²) in [5.74, 6) is 0. The van der Waals surface area contributed by atoms with Crippen molar-refractivity contribution in [1.29, 1.82) is 0 Å². The molecule has 12 heavy (non-hydrogen) atoms. The van der Waals surface area contributed by atoms with Crippen LogP contribution in [0.4, 0.5) is 0 Å². The maximum absolute atomic E-state index is 9.29. The summed E-state index contributed by atoms with van der Waals surface area (Å²) in [6, 6.07) is 0. The Hall–Kier alpha value is -0.200. The van der Waals surface area contributed by atoms with Crippen LogP contribution in [0.2, 0.25) is 0 Å². The number of ether oxygens (including phenoxy) is 1. The molecule has 1 aliphatic heterocycles. The first kappa shape index (κ1) is 9.88. The van der Waals surface area contributed by atoms with E-state index in [0.717, 1.165) is 0 Å². The molecule has 1 aliphatic rings. The zero-order valence-corrected chi connectivity index (χ0v) is 6.63. The van der Waals surface area contributed by atoms with Crippen LogP contribution in [-0.2, 0) is 4.74 Å². The maximum Gasteiger partial charge on any atom is 0.110 e. The first-order chi connectivity index (χ1) is 5.66. The highest BCUT2D eigenvalue weighted by Crippen LogP contribution is 2.18. The summed E-state index contributed by atoms with van der Waals surface area (Å²) in [6.07, 6.45) is -3.47. The molecular formula is C7H14O5. The molecule has 0 saturated carbocycles. The van der Waals surface area contributed by atoms with Gasteiger partial charge < -0.3 is 25.2 Å². The second-order valence-corrected chi connectivity index (χ2v) is 2.93. The number of rotatable bonds is 4. The number of aliphatic hydroxyl groups is 4. The standard InChI is InChI=1S/C7H14O5/c8-3-4(9)6(10)7(11)5-1-2-12-5/h4-11H,1-3H2/t4-,5?,6+,7+/m1/s1. The molecule has 0 amide bonds. The van der Waals surface area contributed by atoms with Crippen LogP contribution in [0.1, 0.15) is 6.42 Å². The van der Waals surface area contributed by atoms with Gasteiger partial charge in [-0.1, -0.05) is 0 Å². The van der Waals surface area contributed by atoms with Crippen molar-refractivity contribution in [1.82, 2.24) is 0 Å². The third kappa shape index (κ3) is 1.94. The summed E-state index contributed by atoms with van der Waals surface area (Å²) in [5.41, 5.74) is 0. The summed E-state index contributed by atoms with van der Waals surface area (Å²) >= 11 is 0. The van der Waals surface area contributed by atoms with E-state index in [2.05, 4.69) is 0 Å². The molecule has 0 radical (unpaired) electrons. The molecule has 1 rings (SSSR count). The Kier molecular flexibility index (Phi) is 3.42. The van der Waals surface area contributed by atoms with Gasteiger partial charge in [0.15, 0.2) is 0 Å². The summed E-state index contributed by atoms with van der Waals surface area (Å²) in [7, 11) is 0. The Balaban J connectivity index is 2.33. The van der Waals surface area contributed by atoms with Crippen molar-refractivity contribution in [2.24, 2.45) is 0 Å². The third-order valence-electron chi connectivity index (χ3n) is 2.05. The van der Waals surface area contributed by atoms with Crippen LogP contribution in [0.25, 0.3) is 0 Å². The van der Waals surface area contributed by atoms with Crippen LogP contribution < -0.4 is 0 Å². The molecule has 0 spiro atoms. The van der Waals surface area contributed by atoms with Crippen LogP contribution in [0.15, 0.2) is 0 Å². The van der Waals surface area contributed by atoms with E-state index < -0.39 is 31.0 Å². The molecule has 5 heteroatoms. The largest absolute Gasteiger partial charge is 0.394 e. The van der Waals surface area contributed by atoms with E-state index in [9.17, 15) is 10.2 Å². The number of aliphatic hydroxyl groups excluding tert-OH is 4. The Bertz CT molecular complexity index is 127. The molecular weight excluding hydrogens is 164 g/mol. The van der Waals surface area contributed by atoms with E-state index in [4.69, 9.17) is 14.9 Å². The fourth-order valence-corrected chi connectivity index (χ4v) is 1.08. The fourth-order valence-electron chi connectivity index (χ4n) is 1.08. The fraction of sp³-hybridized carbons (Fsp3) is 1.00. The van der Waals surface area contributed by atoms with Gasteiger partial charge in [0.25, 0.3) is 0 Å². The first-order valence-corrected chi connectivity index (χ1v) is 3.93. The van der Waals surface area contributed by atoms with Gasteiger partial charge in [-0.25, -0.2) is 0 Å². The average Bonchev–Trinajstić information content (AvgIpc) is 1.98. The van der Waals surface area contributed by atoms with Crippen molar-refractivity contribution in [2.75, 3.05) is 13.2 Å². The minimum absolute atomic E-state index is 0.402. The molecule has 4 atom stereocenters. The van der Waals surface area contributed by atoms with Crippen molar-refractivity contribution in [3.63, 3.8) is 0 Å². The lowest BCUT2D eigenvalue weighted by molar-refractivity contribution is -0.171. The van der Waals surface area contributed by atoms with Crippen molar-refractivity contribution in [3.05, 3.63) is 0 Å². The van der Waals surface area contributed by atoms with E-state index in [1.807, 2.05) is 0 Å². The second-order valence-electron chi connectivity index (χ2n) is 2.93. The minimum Gasteiger partial charge on any atom is -0.394 e. The highest BCUT2D eigenvalue weighted by molar-refractivity contribution is 4.84. The number of hydrogen-bond acceptors (Lipinski definition) is 5. The maximum atomic E-state index is 9.29. The van der Waals surface area contributed by atoms with Gasteiger partial charge in [0.05, 0.1) is 12.7 Å². The average molecular weight is 178 g/mol. The van der Waals surface area contributed by atoms with Crippen molar-refractivity contribution in [2.45, 2.75) is 30.8 Å². The second kappa shape index (κ2) is 4.15. The number of hydrogen-bond donors (Lipinski definition) is 4. The van der Waals surface area contributed by atoms with Gasteiger partial charge in [0.1, 0.15) is 18.3 Å². The molecule has 4 N–H and O–H groups in total. The lowest BCUT2D eigenvalue weighted by Crippen LogP contribution is -2.50. The summed E-state index contributed by atoms with van der Waals surface area (Å²) in [6.45, 7) is 0.00855. The van der Waals surface area contributed by atoms with Crippen LogP contribution in [0.5, 0.6) is 0 Å². The monoisotopic (exact) mass is 178 g/mol. The van der Waals surface area contributed by atoms with Crippen molar-refractivity contribution >= 4 is 0 Å². The molecule has 0 bridgehead atoms. The molecule has 0 aromatic rings. The van der Waals surface area contributed by atoms with Crippen LogP contribution in [-0.4, -0.2) is 58.1 Å². The van der Waals surface area contributed by atoms with E-state index in [1.54, 1.807) is 0 Å². The van der Waals surface area contributed by atoms with Gasteiger partial charge in [-0.2, -0.15) is 0 Å². The van der Waals surface area contributed by atoms with Crippen molar-refractivity contribution < 1.29 is 25.2 Å². The Morgan fingerprint density at radius 2 is 1.92 bits per heavy atom. The van der Waals surface area contributed by atoms with E-state index in [0.29, 0.717) is 13.0 Å². The van der Waals surface area contributed by atoms with Gasteiger partial charge >= 0.3 is 0 Å². The molecule has 1 saturated heterocycles. The zero-order valence-electron chi connectivity index (χ0n) is 6.63. The quantitative estimate of drug-likeness (QED) is 0.394. The van der Waals surface area contributed by atoms with Crippen LogP contribution in [0, 0.1) is 0 Å². The van der Waals surface area contributed by atoms with Crippen LogP contribution in [0.3, 0.4) is 0 Å². The Morgan fingerprint density at radius 3 is 2.25 bits per heavy atom. The molecule has 1 fully saturated rings. The molecule has 0 aliphatic carbocycles. The Labute approximate surface area is 70.2 Å². The first-order valence-electron chi connectivity index (χ1n) is 3.93. The lowest BCUT2D eigenvalue weighted by atomic mass is 9.99. The molecule has 0 aromatic heterocycles. The van der Waals surface area contributed by atoms with E-state index in [-0.39, 0.29) is 0 Å². The molecule has 1 heterocycles. The summed E-state index contributed by atoms with van der Waals surface area (Å²) in [5, 5.41) is 35.9. The predicted molar refractivity (Wildman–Crippen MR) is 39.5 cm³/mol. The predicted octanol–water partition coefficient (Wildman–Crippen LogP) is -2.15. The highest BCUT2D eigenvalue weighted by Gasteiger charge is 2.35. The van der Waals surface area contributed by atoms with Crippen molar-refractivity contribution in [3.8, 4) is 0 Å². The third-order valence-corrected chi connectivity index (χ3v) is 2.05. The SMILES string of the molecule is OC[C@@H](O)[C@H](O)[C@@H](O)C1CCO1. The minimum atomic E-state index is -1.33. The van der Waals surface area contributed by atoms with E-state index in [1.165, 1.54) is 0 Å². The summed E-state index contributed by atoms with van der Waals surface area (Å²) < 4.78 is 4.91. The zero-order chi connectivity index (χ0) is 9.14. The molecule has 5 nitrogen and oxygen atoms in total. The van der Waals surface area contributed by atoms with Gasteiger partial charge in [-0.05, 0) is 6.42 Å². The van der Waals surface area contributed by atoms with Gasteiger partial charge in [-0.15, -0.1) is 0 Å². The molecule has 1 unspecified atom stereocenters. The normalized spacial score (nSPS) is 30.5. The summed E-state index contributed by atoms with van der Waals surface area (Å²) in [4.78, 5) is 0. The molecule has 72 valence electrons. The lowest BCUT2D eigenvalue weighted by Gasteiger charge is -2.34. The highest BCUT2D eigenvalue weighted by atomic mass is 16.5. The smallest absolute Gasteiger partial charge is 0.110 e. The van der Waals surface area contributed by atoms with Crippen LogP contribution >= 0.6 is 0 Å². The van der Waals surface area contributed by atoms with Gasteiger partial charge in [0.2, 0.25) is 0 Å². The molecule has 0 aromatic carbocycles.